The molecular formula is C13H19FN2O3. The third kappa shape index (κ3) is 4.84. The number of amides is 1. The Hall–Kier alpha value is -1.66. The summed E-state index contributed by atoms with van der Waals surface area (Å²) in [6, 6.07) is 3.94. The van der Waals surface area contributed by atoms with Crippen LogP contribution in [-0.4, -0.2) is 23.7 Å². The summed E-state index contributed by atoms with van der Waals surface area (Å²) >= 11 is 0. The summed E-state index contributed by atoms with van der Waals surface area (Å²) in [5.74, 6) is -0.977. The number of aliphatic hydroxyl groups is 1. The predicted molar refractivity (Wildman–Crippen MR) is 69.7 cm³/mol. The topological polar surface area (TPSA) is 84.6 Å². The van der Waals surface area contributed by atoms with Crippen LogP contribution in [0.3, 0.4) is 0 Å². The van der Waals surface area contributed by atoms with Crippen molar-refractivity contribution in [3.8, 4) is 0 Å². The molecule has 6 heteroatoms. The molecule has 0 aliphatic rings. The molecule has 1 aromatic rings. The number of carbonyl (C=O) groups excluding carboxylic acids is 1. The summed E-state index contributed by atoms with van der Waals surface area (Å²) in [7, 11) is 0. The van der Waals surface area contributed by atoms with Gasteiger partial charge in [-0.1, -0.05) is 19.9 Å². The lowest BCUT2D eigenvalue weighted by Gasteiger charge is -2.13. The molecule has 0 saturated heterocycles. The van der Waals surface area contributed by atoms with Gasteiger partial charge in [-0.15, -0.1) is 0 Å². The van der Waals surface area contributed by atoms with Crippen molar-refractivity contribution in [3.05, 3.63) is 29.6 Å². The highest BCUT2D eigenvalue weighted by Crippen LogP contribution is 2.15. The van der Waals surface area contributed by atoms with Crippen molar-refractivity contribution in [3.63, 3.8) is 0 Å². The molecule has 0 fully saturated rings. The molecule has 5 nitrogen and oxygen atoms in total. The molecule has 0 radical (unpaired) electrons. The number of hydroxylamine groups is 1. The Bertz CT molecular complexity index is 438. The SMILES string of the molecule is CC(C)CC(O)CONC(=O)c1cccc(F)c1N. The molecule has 1 aromatic carbocycles. The van der Waals surface area contributed by atoms with E-state index in [1.165, 1.54) is 18.2 Å². The van der Waals surface area contributed by atoms with Crippen molar-refractivity contribution < 1.29 is 19.1 Å². The number of benzene rings is 1. The molecule has 0 spiro atoms. The van der Waals surface area contributed by atoms with Crippen molar-refractivity contribution in [2.24, 2.45) is 5.92 Å². The summed E-state index contributed by atoms with van der Waals surface area (Å²) in [5, 5.41) is 9.54. The molecule has 1 atom stereocenters. The first-order chi connectivity index (χ1) is 8.91. The van der Waals surface area contributed by atoms with Gasteiger partial charge in [0, 0.05) is 0 Å². The monoisotopic (exact) mass is 270 g/mol. The van der Waals surface area contributed by atoms with Crippen LogP contribution in [0.15, 0.2) is 18.2 Å². The zero-order chi connectivity index (χ0) is 14.4. The lowest BCUT2D eigenvalue weighted by molar-refractivity contribution is -0.0181. The maximum Gasteiger partial charge on any atom is 0.277 e. The largest absolute Gasteiger partial charge is 0.396 e. The van der Waals surface area contributed by atoms with E-state index in [4.69, 9.17) is 10.6 Å². The Morgan fingerprint density at radius 1 is 1.53 bits per heavy atom. The zero-order valence-corrected chi connectivity index (χ0v) is 11.0. The number of hydrogen-bond acceptors (Lipinski definition) is 4. The average Bonchev–Trinajstić information content (AvgIpc) is 2.31. The van der Waals surface area contributed by atoms with Crippen LogP contribution < -0.4 is 11.2 Å². The maximum atomic E-state index is 13.1. The van der Waals surface area contributed by atoms with Gasteiger partial charge in [0.2, 0.25) is 0 Å². The molecular weight excluding hydrogens is 251 g/mol. The van der Waals surface area contributed by atoms with E-state index >= 15 is 0 Å². The minimum Gasteiger partial charge on any atom is -0.396 e. The van der Waals surface area contributed by atoms with Gasteiger partial charge in [-0.05, 0) is 24.5 Å². The van der Waals surface area contributed by atoms with Crippen molar-refractivity contribution in [1.82, 2.24) is 5.48 Å². The molecule has 19 heavy (non-hydrogen) atoms. The number of carbonyl (C=O) groups is 1. The third-order valence-corrected chi connectivity index (χ3v) is 2.48. The van der Waals surface area contributed by atoms with E-state index in [-0.39, 0.29) is 17.9 Å². The maximum absolute atomic E-state index is 13.1. The van der Waals surface area contributed by atoms with Gasteiger partial charge in [-0.25, -0.2) is 9.87 Å². The number of nitrogen functional groups attached to an aromatic ring is 1. The first-order valence-corrected chi connectivity index (χ1v) is 6.06. The quantitative estimate of drug-likeness (QED) is 0.540. The molecule has 0 saturated carbocycles. The van der Waals surface area contributed by atoms with Crippen molar-refractivity contribution in [1.29, 1.82) is 0 Å². The normalized spacial score (nSPS) is 12.5. The number of hydrogen-bond donors (Lipinski definition) is 3. The Kier molecular flexibility index (Phi) is 5.72. The van der Waals surface area contributed by atoms with Crippen LogP contribution in [0.1, 0.15) is 30.6 Å². The van der Waals surface area contributed by atoms with Crippen LogP contribution in [0.4, 0.5) is 10.1 Å². The molecule has 1 amide bonds. The molecule has 1 rings (SSSR count). The van der Waals surface area contributed by atoms with E-state index in [0.29, 0.717) is 12.3 Å². The fourth-order valence-electron chi connectivity index (χ4n) is 1.61. The Balaban J connectivity index is 2.46. The molecule has 0 bridgehead atoms. The van der Waals surface area contributed by atoms with Crippen LogP contribution in [0.2, 0.25) is 0 Å². The van der Waals surface area contributed by atoms with Crippen LogP contribution in [0.25, 0.3) is 0 Å². The molecule has 1 unspecified atom stereocenters. The van der Waals surface area contributed by atoms with Gasteiger partial charge in [0.15, 0.2) is 0 Å². The van der Waals surface area contributed by atoms with Gasteiger partial charge >= 0.3 is 0 Å². The molecule has 0 heterocycles. The Morgan fingerprint density at radius 2 is 2.21 bits per heavy atom. The number of rotatable bonds is 6. The summed E-state index contributed by atoms with van der Waals surface area (Å²) in [4.78, 5) is 16.5. The number of para-hydroxylation sites is 1. The lowest BCUT2D eigenvalue weighted by Crippen LogP contribution is -2.29. The second kappa shape index (κ2) is 7.06. The van der Waals surface area contributed by atoms with Crippen molar-refractivity contribution >= 4 is 11.6 Å². The zero-order valence-electron chi connectivity index (χ0n) is 11.0. The molecule has 0 aromatic heterocycles. The predicted octanol–water partition coefficient (Wildman–Crippen LogP) is 1.48. The first-order valence-electron chi connectivity index (χ1n) is 6.06. The summed E-state index contributed by atoms with van der Waals surface area (Å²) < 4.78 is 13.1. The smallest absolute Gasteiger partial charge is 0.277 e. The van der Waals surface area contributed by atoms with E-state index in [1.807, 2.05) is 13.8 Å². The standard InChI is InChI=1S/C13H19FN2O3/c1-8(2)6-9(17)7-19-16-13(18)10-4-3-5-11(14)12(10)15/h3-5,8-9,17H,6-7,15H2,1-2H3,(H,16,18). The van der Waals surface area contributed by atoms with Gasteiger partial charge in [-0.3, -0.25) is 9.63 Å². The van der Waals surface area contributed by atoms with Crippen LogP contribution in [-0.2, 0) is 4.84 Å². The number of nitrogens with two attached hydrogens (primary N) is 1. The highest BCUT2D eigenvalue weighted by atomic mass is 19.1. The van der Waals surface area contributed by atoms with Crippen LogP contribution in [0.5, 0.6) is 0 Å². The number of halogens is 1. The third-order valence-electron chi connectivity index (χ3n) is 2.48. The van der Waals surface area contributed by atoms with E-state index in [0.717, 1.165) is 0 Å². The fourth-order valence-corrected chi connectivity index (χ4v) is 1.61. The summed E-state index contributed by atoms with van der Waals surface area (Å²) in [5.41, 5.74) is 7.33. The number of aliphatic hydroxyl groups excluding tert-OH is 1. The van der Waals surface area contributed by atoms with Crippen molar-refractivity contribution in [2.45, 2.75) is 26.4 Å². The van der Waals surface area contributed by atoms with Gasteiger partial charge in [-0.2, -0.15) is 0 Å². The summed E-state index contributed by atoms with van der Waals surface area (Å²) in [6.45, 7) is 3.91. The highest BCUT2D eigenvalue weighted by molar-refractivity contribution is 5.98. The van der Waals surface area contributed by atoms with Gasteiger partial charge in [0.1, 0.15) is 12.4 Å². The van der Waals surface area contributed by atoms with Gasteiger partial charge < -0.3 is 10.8 Å². The molecule has 0 aliphatic carbocycles. The van der Waals surface area contributed by atoms with Crippen LogP contribution in [0, 0.1) is 11.7 Å². The Morgan fingerprint density at radius 3 is 2.84 bits per heavy atom. The molecule has 0 aliphatic heterocycles. The second-order valence-corrected chi connectivity index (χ2v) is 4.73. The molecule has 106 valence electrons. The van der Waals surface area contributed by atoms with E-state index in [1.54, 1.807) is 0 Å². The molecule has 4 N–H and O–H groups in total. The second-order valence-electron chi connectivity index (χ2n) is 4.73. The lowest BCUT2D eigenvalue weighted by atomic mass is 10.1. The van der Waals surface area contributed by atoms with Crippen molar-refractivity contribution in [2.75, 3.05) is 12.3 Å². The number of anilines is 1. The minimum absolute atomic E-state index is 0.00153. The van der Waals surface area contributed by atoms with E-state index in [9.17, 15) is 14.3 Å². The Labute approximate surface area is 111 Å². The fraction of sp³-hybridized carbons (Fsp3) is 0.462. The summed E-state index contributed by atoms with van der Waals surface area (Å²) in [6.07, 6.45) is -0.0945. The highest BCUT2D eigenvalue weighted by Gasteiger charge is 2.13. The van der Waals surface area contributed by atoms with E-state index < -0.39 is 17.8 Å². The number of nitrogens with one attached hydrogen (secondary N) is 1. The first kappa shape index (κ1) is 15.4. The average molecular weight is 270 g/mol. The van der Waals surface area contributed by atoms with E-state index in [2.05, 4.69) is 5.48 Å². The van der Waals surface area contributed by atoms with Crippen LogP contribution >= 0.6 is 0 Å². The van der Waals surface area contributed by atoms with Gasteiger partial charge in [0.05, 0.1) is 17.4 Å². The van der Waals surface area contributed by atoms with Gasteiger partial charge in [0.25, 0.3) is 5.91 Å². The minimum atomic E-state index is -0.662.